The highest BCUT2D eigenvalue weighted by Gasteiger charge is 2.22. The minimum Gasteiger partial charge on any atom is -0.497 e. The molecule has 138 valence electrons. The van der Waals surface area contributed by atoms with Crippen LogP contribution in [-0.4, -0.2) is 33.7 Å². The first-order valence-corrected chi connectivity index (χ1v) is 9.22. The number of hydrogen-bond acceptors (Lipinski definition) is 7. The van der Waals surface area contributed by atoms with E-state index in [1.165, 1.54) is 0 Å². The van der Waals surface area contributed by atoms with Crippen LogP contribution < -0.4 is 14.8 Å². The van der Waals surface area contributed by atoms with Gasteiger partial charge in [-0.1, -0.05) is 0 Å². The predicted octanol–water partition coefficient (Wildman–Crippen LogP) is 3.64. The first-order valence-electron chi connectivity index (χ1n) is 8.34. The maximum absolute atomic E-state index is 5.44. The summed E-state index contributed by atoms with van der Waals surface area (Å²) in [7, 11) is 5.25. The second-order valence-corrected chi connectivity index (χ2v) is 6.88. The highest BCUT2D eigenvalue weighted by atomic mass is 32.1. The Morgan fingerprint density at radius 3 is 2.52 bits per heavy atom. The number of ether oxygens (including phenoxy) is 2. The molecule has 0 aliphatic heterocycles. The zero-order valence-corrected chi connectivity index (χ0v) is 16.0. The standard InChI is InChI=1S/C19H19N5O2S/c1-24-6-5-20-18(24)16(12-8-13(25-2)10-14(9-12)26-3)23-17-15-4-7-27-19(15)22-11-21-17/h4-11,16H,1-3H3,(H,21,22,23)/t16-/m0/s1. The fourth-order valence-corrected chi connectivity index (χ4v) is 3.72. The first-order chi connectivity index (χ1) is 13.2. The van der Waals surface area contributed by atoms with Crippen molar-refractivity contribution in [1.29, 1.82) is 0 Å². The Morgan fingerprint density at radius 2 is 1.85 bits per heavy atom. The fourth-order valence-electron chi connectivity index (χ4n) is 2.99. The van der Waals surface area contributed by atoms with Gasteiger partial charge in [0.2, 0.25) is 0 Å². The monoisotopic (exact) mass is 381 g/mol. The molecule has 0 bridgehead atoms. The lowest BCUT2D eigenvalue weighted by atomic mass is 10.0. The molecule has 1 N–H and O–H groups in total. The van der Waals surface area contributed by atoms with Gasteiger partial charge in [-0.25, -0.2) is 15.0 Å². The number of benzene rings is 1. The molecule has 3 aromatic heterocycles. The van der Waals surface area contributed by atoms with Crippen LogP contribution in [0.25, 0.3) is 10.2 Å². The number of fused-ring (bicyclic) bond motifs is 1. The van der Waals surface area contributed by atoms with Crippen LogP contribution in [0, 0.1) is 0 Å². The molecule has 0 saturated heterocycles. The van der Waals surface area contributed by atoms with Crippen molar-refractivity contribution in [3.8, 4) is 11.5 Å². The molecular formula is C19H19N5O2S. The molecule has 3 heterocycles. The smallest absolute Gasteiger partial charge is 0.139 e. The van der Waals surface area contributed by atoms with Crippen LogP contribution in [0.1, 0.15) is 17.4 Å². The van der Waals surface area contributed by atoms with Crippen molar-refractivity contribution in [2.75, 3.05) is 19.5 Å². The summed E-state index contributed by atoms with van der Waals surface area (Å²) in [6.45, 7) is 0. The Bertz CT molecular complexity index is 1050. The van der Waals surface area contributed by atoms with Crippen molar-refractivity contribution in [2.24, 2.45) is 7.05 Å². The van der Waals surface area contributed by atoms with Crippen molar-refractivity contribution in [3.05, 3.63) is 59.8 Å². The molecule has 0 unspecified atom stereocenters. The van der Waals surface area contributed by atoms with E-state index in [9.17, 15) is 0 Å². The van der Waals surface area contributed by atoms with Gasteiger partial charge < -0.3 is 19.4 Å². The number of rotatable bonds is 6. The molecular weight excluding hydrogens is 362 g/mol. The molecule has 4 aromatic rings. The third-order valence-electron chi connectivity index (χ3n) is 4.37. The number of aryl methyl sites for hydroxylation is 1. The first kappa shape index (κ1) is 17.3. The van der Waals surface area contributed by atoms with Crippen LogP contribution in [0.5, 0.6) is 11.5 Å². The minimum atomic E-state index is -0.244. The van der Waals surface area contributed by atoms with Gasteiger partial charge in [-0.3, -0.25) is 0 Å². The van der Waals surface area contributed by atoms with Gasteiger partial charge in [-0.15, -0.1) is 11.3 Å². The molecule has 8 heteroatoms. The summed E-state index contributed by atoms with van der Waals surface area (Å²) in [6, 6.07) is 7.57. The van der Waals surface area contributed by atoms with Crippen molar-refractivity contribution in [2.45, 2.75) is 6.04 Å². The molecule has 1 aromatic carbocycles. The van der Waals surface area contributed by atoms with Crippen molar-refractivity contribution >= 4 is 27.4 Å². The lowest BCUT2D eigenvalue weighted by molar-refractivity contribution is 0.393. The van der Waals surface area contributed by atoms with Crippen LogP contribution >= 0.6 is 11.3 Å². The normalized spacial score (nSPS) is 12.1. The highest BCUT2D eigenvalue weighted by molar-refractivity contribution is 7.16. The van der Waals surface area contributed by atoms with E-state index >= 15 is 0 Å². The van der Waals surface area contributed by atoms with Crippen LogP contribution in [0.15, 0.2) is 48.4 Å². The van der Waals surface area contributed by atoms with Gasteiger partial charge in [0, 0.05) is 25.5 Å². The molecule has 0 fully saturated rings. The molecule has 1 atom stereocenters. The van der Waals surface area contributed by atoms with Gasteiger partial charge >= 0.3 is 0 Å². The summed E-state index contributed by atoms with van der Waals surface area (Å²) >= 11 is 1.59. The van der Waals surface area contributed by atoms with Crippen LogP contribution in [0.2, 0.25) is 0 Å². The van der Waals surface area contributed by atoms with E-state index in [4.69, 9.17) is 9.47 Å². The largest absolute Gasteiger partial charge is 0.497 e. The summed E-state index contributed by atoms with van der Waals surface area (Å²) in [5.41, 5.74) is 0.961. The van der Waals surface area contributed by atoms with E-state index in [1.54, 1.807) is 38.1 Å². The van der Waals surface area contributed by atoms with Gasteiger partial charge in [0.15, 0.2) is 0 Å². The number of hydrogen-bond donors (Lipinski definition) is 1. The molecule has 4 rings (SSSR count). The Balaban J connectivity index is 1.83. The van der Waals surface area contributed by atoms with E-state index in [1.807, 2.05) is 47.5 Å². The average molecular weight is 381 g/mol. The highest BCUT2D eigenvalue weighted by Crippen LogP contribution is 2.33. The molecule has 0 aliphatic rings. The molecule has 0 radical (unpaired) electrons. The van der Waals surface area contributed by atoms with Gasteiger partial charge in [-0.2, -0.15) is 0 Å². The second kappa shape index (κ2) is 7.24. The quantitative estimate of drug-likeness (QED) is 0.550. The topological polar surface area (TPSA) is 74.1 Å². The zero-order chi connectivity index (χ0) is 18.8. The van der Waals surface area contributed by atoms with Crippen molar-refractivity contribution < 1.29 is 9.47 Å². The molecule has 27 heavy (non-hydrogen) atoms. The molecule has 0 aliphatic carbocycles. The summed E-state index contributed by atoms with van der Waals surface area (Å²) in [5, 5.41) is 6.52. The molecule has 0 spiro atoms. The Labute approximate surface area is 160 Å². The minimum absolute atomic E-state index is 0.244. The predicted molar refractivity (Wildman–Crippen MR) is 106 cm³/mol. The van der Waals surface area contributed by atoms with E-state index in [2.05, 4.69) is 20.3 Å². The molecule has 7 nitrogen and oxygen atoms in total. The number of aromatic nitrogens is 4. The third kappa shape index (κ3) is 3.31. The van der Waals surface area contributed by atoms with E-state index in [0.29, 0.717) is 11.5 Å². The third-order valence-corrected chi connectivity index (χ3v) is 5.19. The number of methoxy groups -OCH3 is 2. The van der Waals surface area contributed by atoms with Gasteiger partial charge in [0.05, 0.1) is 19.6 Å². The summed E-state index contributed by atoms with van der Waals surface area (Å²) in [6.07, 6.45) is 5.27. The zero-order valence-electron chi connectivity index (χ0n) is 15.2. The maximum atomic E-state index is 5.44. The van der Waals surface area contributed by atoms with E-state index in [0.717, 1.165) is 27.4 Å². The van der Waals surface area contributed by atoms with Crippen molar-refractivity contribution in [3.63, 3.8) is 0 Å². The number of thiophene rings is 1. The Hall–Kier alpha value is -3.13. The lowest BCUT2D eigenvalue weighted by Crippen LogP contribution is -2.18. The number of imidazole rings is 1. The molecule has 0 saturated carbocycles. The number of anilines is 1. The Kier molecular flexibility index (Phi) is 4.64. The number of nitrogens with zero attached hydrogens (tertiary/aromatic N) is 4. The SMILES string of the molecule is COc1cc(OC)cc([C@H](Nc2ncnc3sccc23)c2nccn2C)c1. The van der Waals surface area contributed by atoms with Crippen molar-refractivity contribution in [1.82, 2.24) is 19.5 Å². The number of nitrogens with one attached hydrogen (secondary N) is 1. The van der Waals surface area contributed by atoms with Gasteiger partial charge in [-0.05, 0) is 29.1 Å². The van der Waals surface area contributed by atoms with Gasteiger partial charge in [0.1, 0.15) is 40.3 Å². The van der Waals surface area contributed by atoms with E-state index < -0.39 is 0 Å². The van der Waals surface area contributed by atoms with Crippen LogP contribution in [0.3, 0.4) is 0 Å². The fraction of sp³-hybridized carbons (Fsp3) is 0.211. The summed E-state index contributed by atoms with van der Waals surface area (Å²) in [4.78, 5) is 14.3. The molecule has 0 amide bonds. The van der Waals surface area contributed by atoms with Crippen LogP contribution in [-0.2, 0) is 7.05 Å². The van der Waals surface area contributed by atoms with Gasteiger partial charge in [0.25, 0.3) is 0 Å². The maximum Gasteiger partial charge on any atom is 0.139 e. The second-order valence-electron chi connectivity index (χ2n) is 5.98. The lowest BCUT2D eigenvalue weighted by Gasteiger charge is -2.21. The average Bonchev–Trinajstić information content (AvgIpc) is 3.34. The summed E-state index contributed by atoms with van der Waals surface area (Å²) < 4.78 is 12.9. The van der Waals surface area contributed by atoms with Crippen LogP contribution in [0.4, 0.5) is 5.82 Å². The Morgan fingerprint density at radius 1 is 1.07 bits per heavy atom. The summed E-state index contributed by atoms with van der Waals surface area (Å²) in [5.74, 6) is 3.05. The van der Waals surface area contributed by atoms with E-state index in [-0.39, 0.29) is 6.04 Å².